The van der Waals surface area contributed by atoms with Crippen LogP contribution < -0.4 is 5.32 Å². The first-order valence-electron chi connectivity index (χ1n) is 8.49. The summed E-state index contributed by atoms with van der Waals surface area (Å²) in [5.41, 5.74) is 3.82. The summed E-state index contributed by atoms with van der Waals surface area (Å²) in [7, 11) is 0. The van der Waals surface area contributed by atoms with Crippen LogP contribution in [0.5, 0.6) is 0 Å². The molecule has 0 aliphatic carbocycles. The fourth-order valence-corrected chi connectivity index (χ4v) is 3.06. The summed E-state index contributed by atoms with van der Waals surface area (Å²) in [5.74, 6) is 6.35. The Kier molecular flexibility index (Phi) is 4.40. The summed E-state index contributed by atoms with van der Waals surface area (Å²) in [6.07, 6.45) is -0.745. The number of rotatable bonds is 2. The summed E-state index contributed by atoms with van der Waals surface area (Å²) < 4.78 is 5.50. The first-order valence-corrected chi connectivity index (χ1v) is 8.49. The van der Waals surface area contributed by atoms with Gasteiger partial charge in [-0.25, -0.2) is 4.79 Å². The molecule has 0 saturated carbocycles. The van der Waals surface area contributed by atoms with Crippen LogP contribution in [0, 0.1) is 11.8 Å². The van der Waals surface area contributed by atoms with Crippen LogP contribution in [-0.2, 0) is 4.74 Å². The average Bonchev–Trinajstić information content (AvgIpc) is 3.10. The number of nitrogens with one attached hydrogen (secondary N) is 1. The molecule has 126 valence electrons. The standard InChI is InChI=1S/C23H17NO2/c25-23-24-21(22(26-23)19-11-5-2-6-12-19)20-13-7-10-18(16-20)15-14-17-8-3-1-4-9-17/h1-13,16,21-22H,(H,24,25)/t21?,22-/m0/s1. The number of alkyl carbamates (subject to hydrolysis) is 1. The van der Waals surface area contributed by atoms with Gasteiger partial charge in [0.1, 0.15) is 0 Å². The zero-order chi connectivity index (χ0) is 17.8. The fraction of sp³-hybridized carbons (Fsp3) is 0.0870. The van der Waals surface area contributed by atoms with E-state index >= 15 is 0 Å². The van der Waals surface area contributed by atoms with Crippen molar-refractivity contribution in [3.63, 3.8) is 0 Å². The van der Waals surface area contributed by atoms with Gasteiger partial charge in [0.15, 0.2) is 6.10 Å². The fourth-order valence-electron chi connectivity index (χ4n) is 3.06. The SMILES string of the molecule is O=C1NC(c2cccc(C#Cc3ccccc3)c2)[C@H](c2ccccc2)O1. The molecule has 0 bridgehead atoms. The number of amides is 1. The van der Waals surface area contributed by atoms with Gasteiger partial charge in [-0.15, -0.1) is 0 Å². The number of carbonyl (C=O) groups is 1. The summed E-state index contributed by atoms with van der Waals surface area (Å²) >= 11 is 0. The molecule has 1 unspecified atom stereocenters. The van der Waals surface area contributed by atoms with Gasteiger partial charge in [0.05, 0.1) is 6.04 Å². The van der Waals surface area contributed by atoms with Crippen molar-refractivity contribution in [3.05, 3.63) is 107 Å². The Labute approximate surface area is 152 Å². The molecule has 0 radical (unpaired) electrons. The monoisotopic (exact) mass is 339 g/mol. The Balaban J connectivity index is 1.63. The lowest BCUT2D eigenvalue weighted by molar-refractivity contribution is 0.132. The maximum absolute atomic E-state index is 11.8. The van der Waals surface area contributed by atoms with E-state index in [1.54, 1.807) is 0 Å². The molecule has 0 spiro atoms. The predicted octanol–water partition coefficient (Wildman–Crippen LogP) is 4.61. The van der Waals surface area contributed by atoms with Gasteiger partial charge in [0.25, 0.3) is 0 Å². The number of cyclic esters (lactones) is 1. The first kappa shape index (κ1) is 16.0. The van der Waals surface area contributed by atoms with Gasteiger partial charge in [-0.2, -0.15) is 0 Å². The molecule has 1 heterocycles. The molecule has 1 fully saturated rings. The highest BCUT2D eigenvalue weighted by atomic mass is 16.6. The van der Waals surface area contributed by atoms with Crippen LogP contribution in [0.4, 0.5) is 4.79 Å². The lowest BCUT2D eigenvalue weighted by atomic mass is 9.95. The highest BCUT2D eigenvalue weighted by molar-refractivity contribution is 5.71. The van der Waals surface area contributed by atoms with E-state index in [1.807, 2.05) is 84.9 Å². The molecule has 4 rings (SSSR count). The minimum absolute atomic E-state index is 0.233. The maximum Gasteiger partial charge on any atom is 0.408 e. The Morgan fingerprint density at radius 3 is 2.12 bits per heavy atom. The lowest BCUT2D eigenvalue weighted by Crippen LogP contribution is -2.19. The van der Waals surface area contributed by atoms with Crippen LogP contribution in [0.25, 0.3) is 0 Å². The van der Waals surface area contributed by atoms with Crippen molar-refractivity contribution in [1.82, 2.24) is 5.32 Å². The van der Waals surface area contributed by atoms with Crippen molar-refractivity contribution in [2.45, 2.75) is 12.1 Å². The Morgan fingerprint density at radius 2 is 1.35 bits per heavy atom. The molecule has 1 amide bonds. The summed E-state index contributed by atoms with van der Waals surface area (Å²) in [6.45, 7) is 0. The van der Waals surface area contributed by atoms with Crippen molar-refractivity contribution in [2.75, 3.05) is 0 Å². The summed E-state index contributed by atoms with van der Waals surface area (Å²) in [4.78, 5) is 11.8. The van der Waals surface area contributed by atoms with Gasteiger partial charge in [0.2, 0.25) is 0 Å². The molecule has 1 aliphatic rings. The van der Waals surface area contributed by atoms with Crippen molar-refractivity contribution in [3.8, 4) is 11.8 Å². The number of hydrogen-bond acceptors (Lipinski definition) is 2. The lowest BCUT2D eigenvalue weighted by Gasteiger charge is -2.17. The minimum Gasteiger partial charge on any atom is -0.439 e. The molecule has 3 aromatic rings. The van der Waals surface area contributed by atoms with Gasteiger partial charge in [0, 0.05) is 11.1 Å². The minimum atomic E-state index is -0.398. The topological polar surface area (TPSA) is 38.3 Å². The largest absolute Gasteiger partial charge is 0.439 e. The van der Waals surface area contributed by atoms with Gasteiger partial charge in [-0.3, -0.25) is 0 Å². The second-order valence-electron chi connectivity index (χ2n) is 6.10. The van der Waals surface area contributed by atoms with Gasteiger partial charge in [-0.05, 0) is 35.4 Å². The van der Waals surface area contributed by atoms with Crippen LogP contribution >= 0.6 is 0 Å². The molecular formula is C23H17NO2. The second kappa shape index (κ2) is 7.16. The van der Waals surface area contributed by atoms with E-state index in [2.05, 4.69) is 17.2 Å². The van der Waals surface area contributed by atoms with Crippen molar-refractivity contribution < 1.29 is 9.53 Å². The molecule has 3 aromatic carbocycles. The predicted molar refractivity (Wildman–Crippen MR) is 100 cm³/mol. The zero-order valence-electron chi connectivity index (χ0n) is 14.1. The number of benzene rings is 3. The third-order valence-electron chi connectivity index (χ3n) is 4.31. The molecule has 1 N–H and O–H groups in total. The van der Waals surface area contributed by atoms with E-state index < -0.39 is 6.09 Å². The van der Waals surface area contributed by atoms with Gasteiger partial charge < -0.3 is 10.1 Å². The van der Waals surface area contributed by atoms with Crippen LogP contribution in [0.1, 0.15) is 34.4 Å². The Bertz CT molecular complexity index is 971. The first-order chi connectivity index (χ1) is 12.8. The van der Waals surface area contributed by atoms with Crippen molar-refractivity contribution in [1.29, 1.82) is 0 Å². The average molecular weight is 339 g/mol. The number of hydrogen-bond donors (Lipinski definition) is 1. The van der Waals surface area contributed by atoms with Crippen molar-refractivity contribution >= 4 is 6.09 Å². The van der Waals surface area contributed by atoms with Crippen LogP contribution in [0.2, 0.25) is 0 Å². The van der Waals surface area contributed by atoms with Gasteiger partial charge >= 0.3 is 6.09 Å². The van der Waals surface area contributed by atoms with Crippen LogP contribution in [-0.4, -0.2) is 6.09 Å². The van der Waals surface area contributed by atoms with E-state index in [4.69, 9.17) is 4.74 Å². The molecular weight excluding hydrogens is 322 g/mol. The van der Waals surface area contributed by atoms with E-state index in [-0.39, 0.29) is 12.1 Å². The van der Waals surface area contributed by atoms with Crippen molar-refractivity contribution in [2.24, 2.45) is 0 Å². The van der Waals surface area contributed by atoms with Gasteiger partial charge in [-0.1, -0.05) is 72.5 Å². The Hall–Kier alpha value is -3.51. The molecule has 3 heteroatoms. The van der Waals surface area contributed by atoms with Crippen LogP contribution in [0.3, 0.4) is 0 Å². The quantitative estimate of drug-likeness (QED) is 0.693. The maximum atomic E-state index is 11.8. The highest BCUT2D eigenvalue weighted by Gasteiger charge is 2.36. The highest BCUT2D eigenvalue weighted by Crippen LogP contribution is 2.36. The number of carbonyl (C=O) groups excluding carboxylic acids is 1. The third kappa shape index (κ3) is 3.45. The summed E-state index contributed by atoms with van der Waals surface area (Å²) in [6, 6.07) is 27.3. The van der Waals surface area contributed by atoms with E-state index in [0.717, 1.165) is 22.3 Å². The third-order valence-corrected chi connectivity index (χ3v) is 4.31. The zero-order valence-corrected chi connectivity index (χ0v) is 14.1. The van der Waals surface area contributed by atoms with E-state index in [0.29, 0.717) is 0 Å². The molecule has 1 aliphatic heterocycles. The Morgan fingerprint density at radius 1 is 0.731 bits per heavy atom. The van der Waals surface area contributed by atoms with E-state index in [1.165, 1.54) is 0 Å². The second-order valence-corrected chi connectivity index (χ2v) is 6.10. The normalized spacial score (nSPS) is 18.4. The molecule has 0 aromatic heterocycles. The molecule has 1 saturated heterocycles. The molecule has 3 nitrogen and oxygen atoms in total. The smallest absolute Gasteiger partial charge is 0.408 e. The van der Waals surface area contributed by atoms with E-state index in [9.17, 15) is 4.79 Å². The molecule has 26 heavy (non-hydrogen) atoms. The summed E-state index contributed by atoms with van der Waals surface area (Å²) in [5, 5.41) is 2.91. The molecule has 2 atom stereocenters. The van der Waals surface area contributed by atoms with Crippen LogP contribution in [0.15, 0.2) is 84.9 Å². The number of ether oxygens (including phenoxy) is 1.